The number of carboxylic acids is 1. The lowest BCUT2D eigenvalue weighted by atomic mass is 9.99. The SMILES string of the molecule is CCC(C)[C@@H](NC(=O)c1ccccc1Cl)C(=O)O. The summed E-state index contributed by atoms with van der Waals surface area (Å²) < 4.78 is 0. The van der Waals surface area contributed by atoms with Gasteiger partial charge in [0.1, 0.15) is 6.04 Å². The number of halogens is 1. The van der Waals surface area contributed by atoms with Crippen LogP contribution in [0.25, 0.3) is 0 Å². The lowest BCUT2D eigenvalue weighted by Crippen LogP contribution is -2.45. The number of hydrogen-bond donors (Lipinski definition) is 2. The van der Waals surface area contributed by atoms with Gasteiger partial charge in [-0.3, -0.25) is 4.79 Å². The Labute approximate surface area is 111 Å². The molecule has 0 bridgehead atoms. The molecular weight excluding hydrogens is 254 g/mol. The van der Waals surface area contributed by atoms with Crippen molar-refractivity contribution in [2.24, 2.45) is 5.92 Å². The first-order valence-corrected chi connectivity index (χ1v) is 6.13. The van der Waals surface area contributed by atoms with Gasteiger partial charge in [-0.1, -0.05) is 44.0 Å². The third-order valence-electron chi connectivity index (χ3n) is 2.88. The Balaban J connectivity index is 2.86. The Morgan fingerprint density at radius 1 is 1.39 bits per heavy atom. The van der Waals surface area contributed by atoms with Crippen LogP contribution in [0.1, 0.15) is 30.6 Å². The predicted molar refractivity (Wildman–Crippen MR) is 69.8 cm³/mol. The van der Waals surface area contributed by atoms with Gasteiger partial charge in [0, 0.05) is 0 Å². The molecule has 2 atom stereocenters. The molecule has 0 aliphatic rings. The molecule has 0 saturated carbocycles. The largest absolute Gasteiger partial charge is 0.480 e. The predicted octanol–water partition coefficient (Wildman–Crippen LogP) is 2.57. The molecule has 0 heterocycles. The zero-order chi connectivity index (χ0) is 13.7. The van der Waals surface area contributed by atoms with Gasteiger partial charge >= 0.3 is 5.97 Å². The summed E-state index contributed by atoms with van der Waals surface area (Å²) in [5.41, 5.74) is 0.286. The summed E-state index contributed by atoms with van der Waals surface area (Å²) in [5, 5.41) is 11.9. The van der Waals surface area contributed by atoms with E-state index in [-0.39, 0.29) is 11.5 Å². The number of amides is 1. The molecule has 0 aliphatic heterocycles. The molecule has 5 heteroatoms. The summed E-state index contributed by atoms with van der Waals surface area (Å²) in [6, 6.07) is 5.64. The second-order valence-electron chi connectivity index (χ2n) is 4.15. The van der Waals surface area contributed by atoms with Crippen molar-refractivity contribution in [1.29, 1.82) is 0 Å². The van der Waals surface area contributed by atoms with E-state index in [4.69, 9.17) is 16.7 Å². The third kappa shape index (κ3) is 3.47. The summed E-state index contributed by atoms with van der Waals surface area (Å²) in [5.74, 6) is -1.65. The van der Waals surface area contributed by atoms with Crippen LogP contribution in [-0.4, -0.2) is 23.0 Å². The molecule has 0 aromatic heterocycles. The van der Waals surface area contributed by atoms with Crippen molar-refractivity contribution in [1.82, 2.24) is 5.32 Å². The first kappa shape index (κ1) is 14.5. The summed E-state index contributed by atoms with van der Waals surface area (Å²) in [4.78, 5) is 23.0. The van der Waals surface area contributed by atoms with Crippen molar-refractivity contribution in [3.05, 3.63) is 34.9 Å². The van der Waals surface area contributed by atoms with E-state index in [9.17, 15) is 9.59 Å². The van der Waals surface area contributed by atoms with Crippen molar-refractivity contribution in [3.8, 4) is 0 Å². The van der Waals surface area contributed by atoms with Crippen LogP contribution in [0.4, 0.5) is 0 Å². The molecule has 1 amide bonds. The number of hydrogen-bond acceptors (Lipinski definition) is 2. The van der Waals surface area contributed by atoms with E-state index < -0.39 is 17.9 Å². The minimum absolute atomic E-state index is 0.145. The highest BCUT2D eigenvalue weighted by molar-refractivity contribution is 6.33. The molecule has 0 aliphatic carbocycles. The molecule has 0 saturated heterocycles. The molecule has 2 N–H and O–H groups in total. The molecule has 18 heavy (non-hydrogen) atoms. The lowest BCUT2D eigenvalue weighted by Gasteiger charge is -2.20. The van der Waals surface area contributed by atoms with E-state index in [1.54, 1.807) is 31.2 Å². The smallest absolute Gasteiger partial charge is 0.326 e. The third-order valence-corrected chi connectivity index (χ3v) is 3.21. The molecule has 0 spiro atoms. The molecule has 1 aromatic carbocycles. The van der Waals surface area contributed by atoms with E-state index >= 15 is 0 Å². The van der Waals surface area contributed by atoms with Crippen LogP contribution in [0, 0.1) is 5.92 Å². The van der Waals surface area contributed by atoms with Crippen LogP contribution in [0.15, 0.2) is 24.3 Å². The van der Waals surface area contributed by atoms with Gasteiger partial charge < -0.3 is 10.4 Å². The number of nitrogens with one attached hydrogen (secondary N) is 1. The van der Waals surface area contributed by atoms with Gasteiger partial charge in [-0.05, 0) is 18.1 Å². The highest BCUT2D eigenvalue weighted by Crippen LogP contribution is 2.16. The molecule has 0 fully saturated rings. The zero-order valence-corrected chi connectivity index (χ0v) is 11.1. The Morgan fingerprint density at radius 3 is 2.50 bits per heavy atom. The van der Waals surface area contributed by atoms with Gasteiger partial charge in [0.25, 0.3) is 5.91 Å². The minimum Gasteiger partial charge on any atom is -0.480 e. The Hall–Kier alpha value is -1.55. The van der Waals surface area contributed by atoms with E-state index in [1.165, 1.54) is 0 Å². The van der Waals surface area contributed by atoms with Gasteiger partial charge in [-0.2, -0.15) is 0 Å². The molecular formula is C13H16ClNO3. The summed E-state index contributed by atoms with van der Waals surface area (Å²) in [6.45, 7) is 3.66. The number of rotatable bonds is 5. The topological polar surface area (TPSA) is 66.4 Å². The van der Waals surface area contributed by atoms with Gasteiger partial charge in [-0.15, -0.1) is 0 Å². The van der Waals surface area contributed by atoms with Crippen LogP contribution < -0.4 is 5.32 Å². The molecule has 98 valence electrons. The van der Waals surface area contributed by atoms with Crippen molar-refractivity contribution in [2.45, 2.75) is 26.3 Å². The van der Waals surface area contributed by atoms with Gasteiger partial charge in [0.05, 0.1) is 10.6 Å². The first-order valence-electron chi connectivity index (χ1n) is 5.75. The molecule has 1 aromatic rings. The number of carbonyl (C=O) groups excluding carboxylic acids is 1. The van der Waals surface area contributed by atoms with E-state index in [0.717, 1.165) is 0 Å². The summed E-state index contributed by atoms with van der Waals surface area (Å²) in [7, 11) is 0. The van der Waals surface area contributed by atoms with Gasteiger partial charge in [0.2, 0.25) is 0 Å². The molecule has 0 radical (unpaired) electrons. The highest BCUT2D eigenvalue weighted by Gasteiger charge is 2.26. The average Bonchev–Trinajstić information content (AvgIpc) is 2.35. The molecule has 1 unspecified atom stereocenters. The summed E-state index contributed by atoms with van der Waals surface area (Å²) in [6.07, 6.45) is 0.666. The fourth-order valence-electron chi connectivity index (χ4n) is 1.55. The van der Waals surface area contributed by atoms with Gasteiger partial charge in [-0.25, -0.2) is 4.79 Å². The second kappa shape index (κ2) is 6.40. The molecule has 4 nitrogen and oxygen atoms in total. The maximum absolute atomic E-state index is 11.9. The standard InChI is InChI=1S/C13H16ClNO3/c1-3-8(2)11(13(17)18)15-12(16)9-6-4-5-7-10(9)14/h4-8,11H,3H2,1-2H3,(H,15,16)(H,17,18)/t8?,11-/m1/s1. The molecule has 1 rings (SSSR count). The van der Waals surface area contributed by atoms with Crippen molar-refractivity contribution in [3.63, 3.8) is 0 Å². The van der Waals surface area contributed by atoms with E-state index in [0.29, 0.717) is 11.4 Å². The number of aliphatic carboxylic acids is 1. The lowest BCUT2D eigenvalue weighted by molar-refractivity contribution is -0.140. The zero-order valence-electron chi connectivity index (χ0n) is 10.3. The van der Waals surface area contributed by atoms with Crippen molar-refractivity contribution >= 4 is 23.5 Å². The van der Waals surface area contributed by atoms with Crippen LogP contribution in [0.2, 0.25) is 5.02 Å². The number of benzene rings is 1. The monoisotopic (exact) mass is 269 g/mol. The Kier molecular flexibility index (Phi) is 5.16. The van der Waals surface area contributed by atoms with Crippen LogP contribution in [0.5, 0.6) is 0 Å². The maximum Gasteiger partial charge on any atom is 0.326 e. The Bertz CT molecular complexity index is 448. The van der Waals surface area contributed by atoms with Crippen LogP contribution in [0.3, 0.4) is 0 Å². The van der Waals surface area contributed by atoms with Crippen molar-refractivity contribution in [2.75, 3.05) is 0 Å². The Morgan fingerprint density at radius 2 is 2.00 bits per heavy atom. The van der Waals surface area contributed by atoms with Crippen molar-refractivity contribution < 1.29 is 14.7 Å². The fraction of sp³-hybridized carbons (Fsp3) is 0.385. The quantitative estimate of drug-likeness (QED) is 0.863. The second-order valence-corrected chi connectivity index (χ2v) is 4.56. The van der Waals surface area contributed by atoms with Gasteiger partial charge in [0.15, 0.2) is 0 Å². The maximum atomic E-state index is 11.9. The minimum atomic E-state index is -1.04. The first-order chi connectivity index (χ1) is 8.47. The highest BCUT2D eigenvalue weighted by atomic mass is 35.5. The average molecular weight is 270 g/mol. The van der Waals surface area contributed by atoms with Crippen LogP contribution in [-0.2, 0) is 4.79 Å². The number of carboxylic acid groups (broad SMARTS) is 1. The van der Waals surface area contributed by atoms with E-state index in [2.05, 4.69) is 5.32 Å². The number of carbonyl (C=O) groups is 2. The summed E-state index contributed by atoms with van der Waals surface area (Å²) >= 11 is 5.89. The normalized spacial score (nSPS) is 13.7. The fourth-order valence-corrected chi connectivity index (χ4v) is 1.77. The van der Waals surface area contributed by atoms with Crippen LogP contribution >= 0.6 is 11.6 Å². The van der Waals surface area contributed by atoms with E-state index in [1.807, 2.05) is 6.92 Å².